The first-order chi connectivity index (χ1) is 7.50. The van der Waals surface area contributed by atoms with Crippen LogP contribution in [0, 0.1) is 0 Å². The third-order valence-electron chi connectivity index (χ3n) is 2.01. The number of ketones is 1. The van der Waals surface area contributed by atoms with Crippen LogP contribution in [0.5, 0.6) is 0 Å². The molecule has 1 aromatic carbocycles. The van der Waals surface area contributed by atoms with Crippen molar-refractivity contribution in [3.63, 3.8) is 0 Å². The number of halogens is 2. The second-order valence-electron chi connectivity index (χ2n) is 3.43. The summed E-state index contributed by atoms with van der Waals surface area (Å²) in [5.74, 6) is 0.587. The van der Waals surface area contributed by atoms with Crippen molar-refractivity contribution in [2.24, 2.45) is 0 Å². The van der Waals surface area contributed by atoms with Crippen molar-refractivity contribution in [3.8, 4) is 0 Å². The summed E-state index contributed by atoms with van der Waals surface area (Å²) in [5.41, 5.74) is 0. The molecule has 0 aliphatic rings. The van der Waals surface area contributed by atoms with Crippen molar-refractivity contribution in [2.75, 3.05) is 5.75 Å². The molecule has 0 saturated carbocycles. The van der Waals surface area contributed by atoms with Gasteiger partial charge in [0.05, 0.1) is 20.8 Å². The van der Waals surface area contributed by atoms with E-state index in [4.69, 9.17) is 23.2 Å². The summed E-state index contributed by atoms with van der Waals surface area (Å²) < 4.78 is 11.8. The maximum atomic E-state index is 11.8. The van der Waals surface area contributed by atoms with E-state index >= 15 is 0 Å². The first-order valence-electron chi connectivity index (χ1n) is 4.83. The van der Waals surface area contributed by atoms with Crippen molar-refractivity contribution >= 4 is 39.8 Å². The van der Waals surface area contributed by atoms with Crippen LogP contribution in [0.1, 0.15) is 19.8 Å². The Labute approximate surface area is 107 Å². The summed E-state index contributed by atoms with van der Waals surface area (Å²) in [6.07, 6.45) is 1.09. The lowest BCUT2D eigenvalue weighted by Crippen LogP contribution is -2.00. The number of rotatable bonds is 5. The van der Waals surface area contributed by atoms with Gasteiger partial charge in [-0.15, -0.1) is 0 Å². The molecule has 1 aromatic rings. The minimum Gasteiger partial charge on any atom is -0.300 e. The SMILES string of the molecule is CC(=O)CCCS(=O)c1ccc(Cl)c(Cl)c1. The lowest BCUT2D eigenvalue weighted by Gasteiger charge is -2.03. The molecule has 0 aromatic heterocycles. The fourth-order valence-corrected chi connectivity index (χ4v) is 2.66. The van der Waals surface area contributed by atoms with Gasteiger partial charge < -0.3 is 4.79 Å². The van der Waals surface area contributed by atoms with E-state index in [9.17, 15) is 9.00 Å². The predicted octanol–water partition coefficient (Wildman–Crippen LogP) is 3.47. The maximum Gasteiger partial charge on any atom is 0.129 e. The highest BCUT2D eigenvalue weighted by atomic mass is 35.5. The zero-order chi connectivity index (χ0) is 12.1. The Morgan fingerprint density at radius 1 is 1.31 bits per heavy atom. The highest BCUT2D eigenvalue weighted by Gasteiger charge is 2.07. The zero-order valence-electron chi connectivity index (χ0n) is 8.83. The topological polar surface area (TPSA) is 34.1 Å². The number of carbonyl (C=O) groups excluding carboxylic acids is 1. The Morgan fingerprint density at radius 2 is 2.00 bits per heavy atom. The molecule has 0 heterocycles. The summed E-state index contributed by atoms with van der Waals surface area (Å²) in [5, 5.41) is 0.852. The van der Waals surface area contributed by atoms with Crippen LogP contribution < -0.4 is 0 Å². The van der Waals surface area contributed by atoms with Crippen molar-refractivity contribution in [1.82, 2.24) is 0 Å². The van der Waals surface area contributed by atoms with Crippen LogP contribution in [-0.4, -0.2) is 15.7 Å². The number of Topliss-reactive ketones (excluding diaryl/α,β-unsaturated/α-hetero) is 1. The summed E-state index contributed by atoms with van der Waals surface area (Å²) in [6.45, 7) is 1.53. The van der Waals surface area contributed by atoms with E-state index in [-0.39, 0.29) is 5.78 Å². The summed E-state index contributed by atoms with van der Waals surface area (Å²) in [6, 6.07) is 4.92. The molecular formula is C11H12Cl2O2S. The minimum atomic E-state index is -1.11. The minimum absolute atomic E-state index is 0.117. The first-order valence-corrected chi connectivity index (χ1v) is 6.91. The van der Waals surface area contributed by atoms with E-state index in [1.165, 1.54) is 6.92 Å². The molecule has 0 fully saturated rings. The van der Waals surface area contributed by atoms with E-state index in [0.717, 1.165) is 0 Å². The van der Waals surface area contributed by atoms with Crippen LogP contribution in [0.2, 0.25) is 10.0 Å². The fourth-order valence-electron chi connectivity index (χ4n) is 1.19. The summed E-state index contributed by atoms with van der Waals surface area (Å²) >= 11 is 11.6. The number of hydrogen-bond donors (Lipinski definition) is 0. The van der Waals surface area contributed by atoms with Gasteiger partial charge in [0.15, 0.2) is 0 Å². The standard InChI is InChI=1S/C11H12Cl2O2S/c1-8(14)3-2-6-16(15)9-4-5-10(12)11(13)7-9/h4-5,7H,2-3,6H2,1H3. The Kier molecular flexibility index (Phi) is 5.46. The van der Waals surface area contributed by atoms with Gasteiger partial charge in [-0.1, -0.05) is 23.2 Å². The predicted molar refractivity (Wildman–Crippen MR) is 67.7 cm³/mol. The van der Waals surface area contributed by atoms with Crippen LogP contribution in [-0.2, 0) is 15.6 Å². The highest BCUT2D eigenvalue weighted by molar-refractivity contribution is 7.85. The Bertz CT molecular complexity index is 418. The molecule has 2 nitrogen and oxygen atoms in total. The van der Waals surface area contributed by atoms with Gasteiger partial charge in [0.2, 0.25) is 0 Å². The Morgan fingerprint density at radius 3 is 2.56 bits per heavy atom. The van der Waals surface area contributed by atoms with Gasteiger partial charge in [0.25, 0.3) is 0 Å². The monoisotopic (exact) mass is 278 g/mol. The molecule has 0 N–H and O–H groups in total. The first kappa shape index (κ1) is 13.7. The van der Waals surface area contributed by atoms with Crippen LogP contribution >= 0.6 is 23.2 Å². The van der Waals surface area contributed by atoms with Gasteiger partial charge in [0.1, 0.15) is 5.78 Å². The molecular weight excluding hydrogens is 267 g/mol. The molecule has 88 valence electrons. The zero-order valence-corrected chi connectivity index (χ0v) is 11.2. The molecule has 16 heavy (non-hydrogen) atoms. The van der Waals surface area contributed by atoms with Crippen molar-refractivity contribution in [1.29, 1.82) is 0 Å². The Balaban J connectivity index is 2.59. The molecule has 0 amide bonds. The van der Waals surface area contributed by atoms with E-state index in [0.29, 0.717) is 33.5 Å². The average molecular weight is 279 g/mol. The molecule has 0 aliphatic heterocycles. The van der Waals surface area contributed by atoms with E-state index in [1.807, 2.05) is 0 Å². The third kappa shape index (κ3) is 4.24. The van der Waals surface area contributed by atoms with Crippen LogP contribution in [0.15, 0.2) is 23.1 Å². The third-order valence-corrected chi connectivity index (χ3v) is 4.19. The lowest BCUT2D eigenvalue weighted by molar-refractivity contribution is -0.117. The average Bonchev–Trinajstić information content (AvgIpc) is 2.21. The van der Waals surface area contributed by atoms with E-state index in [1.54, 1.807) is 18.2 Å². The van der Waals surface area contributed by atoms with Gasteiger partial charge >= 0.3 is 0 Å². The number of benzene rings is 1. The second kappa shape index (κ2) is 6.38. The molecule has 1 unspecified atom stereocenters. The summed E-state index contributed by atoms with van der Waals surface area (Å²) in [7, 11) is -1.11. The van der Waals surface area contributed by atoms with E-state index < -0.39 is 10.8 Å². The molecule has 1 atom stereocenters. The number of carbonyl (C=O) groups is 1. The maximum absolute atomic E-state index is 11.8. The van der Waals surface area contributed by atoms with Crippen LogP contribution in [0.25, 0.3) is 0 Å². The molecule has 1 rings (SSSR count). The highest BCUT2D eigenvalue weighted by Crippen LogP contribution is 2.24. The van der Waals surface area contributed by atoms with Gasteiger partial charge in [-0.05, 0) is 31.5 Å². The van der Waals surface area contributed by atoms with Crippen LogP contribution in [0.3, 0.4) is 0 Å². The lowest BCUT2D eigenvalue weighted by atomic mass is 10.3. The Hall–Kier alpha value is -0.380. The second-order valence-corrected chi connectivity index (χ2v) is 5.82. The molecule has 0 spiro atoms. The van der Waals surface area contributed by atoms with Crippen molar-refractivity contribution in [2.45, 2.75) is 24.7 Å². The molecule has 0 bridgehead atoms. The molecule has 0 aliphatic carbocycles. The van der Waals surface area contributed by atoms with Gasteiger partial charge in [0, 0.05) is 17.1 Å². The number of hydrogen-bond acceptors (Lipinski definition) is 2. The molecule has 0 radical (unpaired) electrons. The van der Waals surface area contributed by atoms with Crippen molar-refractivity contribution in [3.05, 3.63) is 28.2 Å². The van der Waals surface area contributed by atoms with Gasteiger partial charge in [-0.25, -0.2) is 0 Å². The normalized spacial score (nSPS) is 12.4. The molecule has 0 saturated heterocycles. The quantitative estimate of drug-likeness (QED) is 0.827. The smallest absolute Gasteiger partial charge is 0.129 e. The van der Waals surface area contributed by atoms with Crippen LogP contribution in [0.4, 0.5) is 0 Å². The van der Waals surface area contributed by atoms with Gasteiger partial charge in [-0.3, -0.25) is 4.21 Å². The summed E-state index contributed by atoms with van der Waals surface area (Å²) in [4.78, 5) is 11.4. The van der Waals surface area contributed by atoms with E-state index in [2.05, 4.69) is 0 Å². The van der Waals surface area contributed by atoms with Crippen molar-refractivity contribution < 1.29 is 9.00 Å². The van der Waals surface area contributed by atoms with Gasteiger partial charge in [-0.2, -0.15) is 0 Å². The largest absolute Gasteiger partial charge is 0.300 e. The molecule has 5 heteroatoms. The fraction of sp³-hybridized carbons (Fsp3) is 0.364.